The molecule has 2 aromatic heterocycles. The Morgan fingerprint density at radius 1 is 1.15 bits per heavy atom. The highest BCUT2D eigenvalue weighted by atomic mass is 32.1. The molecule has 1 N–H and O–H groups in total. The number of thiophene rings is 1. The Balaban J connectivity index is 1.80. The van der Waals surface area contributed by atoms with Crippen molar-refractivity contribution in [2.45, 2.75) is 20.8 Å². The fraction of sp³-hybridized carbons (Fsp3) is 0.263. The molecule has 0 atom stereocenters. The van der Waals surface area contributed by atoms with E-state index in [0.717, 1.165) is 16.3 Å². The lowest BCUT2D eigenvalue weighted by Gasteiger charge is -2.12. The molecule has 1 aromatic carbocycles. The number of carbonyl (C=O) groups excluding carboxylic acids is 1. The molecule has 0 unspecified atom stereocenters. The van der Waals surface area contributed by atoms with Crippen LogP contribution in [0.4, 0.5) is 5.69 Å². The van der Waals surface area contributed by atoms with E-state index in [1.165, 1.54) is 11.3 Å². The van der Waals surface area contributed by atoms with E-state index in [0.29, 0.717) is 35.3 Å². The van der Waals surface area contributed by atoms with Gasteiger partial charge in [-0.15, -0.1) is 11.3 Å². The summed E-state index contributed by atoms with van der Waals surface area (Å²) in [5.74, 6) is 1.11. The number of ether oxygens (including phenoxy) is 2. The Bertz CT molecular complexity index is 888. The molecule has 0 aliphatic rings. The number of nitrogens with one attached hydrogen (secondary N) is 1. The first-order valence-corrected chi connectivity index (χ1v) is 10.1. The van der Waals surface area contributed by atoms with Gasteiger partial charge in [0.1, 0.15) is 9.88 Å². The first-order valence-electron chi connectivity index (χ1n) is 8.33. The van der Waals surface area contributed by atoms with Crippen LogP contribution in [0.1, 0.15) is 29.2 Å². The number of hydrogen-bond acceptors (Lipinski definition) is 6. The van der Waals surface area contributed by atoms with Crippen LogP contribution < -0.4 is 14.8 Å². The maximum absolute atomic E-state index is 12.7. The van der Waals surface area contributed by atoms with Crippen molar-refractivity contribution >= 4 is 34.3 Å². The van der Waals surface area contributed by atoms with Crippen LogP contribution in [-0.2, 0) is 0 Å². The number of anilines is 1. The summed E-state index contributed by atoms with van der Waals surface area (Å²) in [6, 6.07) is 7.40. The monoisotopic (exact) mass is 388 g/mol. The molecule has 7 heteroatoms. The summed E-state index contributed by atoms with van der Waals surface area (Å²) in [6.07, 6.45) is 0. The lowest BCUT2D eigenvalue weighted by molar-refractivity contribution is 0.103. The quantitative estimate of drug-likeness (QED) is 0.602. The van der Waals surface area contributed by atoms with Gasteiger partial charge in [0.05, 0.1) is 18.9 Å². The average Bonchev–Trinajstić information content (AvgIpc) is 3.27. The van der Waals surface area contributed by atoms with Crippen molar-refractivity contribution in [3.63, 3.8) is 0 Å². The molecule has 0 bridgehead atoms. The lowest BCUT2D eigenvalue weighted by atomic mass is 10.2. The molecule has 0 saturated heterocycles. The van der Waals surface area contributed by atoms with Crippen LogP contribution in [0, 0.1) is 6.92 Å². The number of benzene rings is 1. The molecule has 5 nitrogen and oxygen atoms in total. The first-order chi connectivity index (χ1) is 12.6. The molecule has 3 rings (SSSR count). The topological polar surface area (TPSA) is 60.5 Å². The van der Waals surface area contributed by atoms with E-state index in [9.17, 15) is 4.79 Å². The minimum atomic E-state index is -0.173. The normalized spacial score (nSPS) is 10.6. The van der Waals surface area contributed by atoms with Crippen molar-refractivity contribution in [1.29, 1.82) is 0 Å². The second-order valence-electron chi connectivity index (χ2n) is 5.43. The number of amides is 1. The van der Waals surface area contributed by atoms with Crippen LogP contribution in [0.3, 0.4) is 0 Å². The van der Waals surface area contributed by atoms with Crippen LogP contribution >= 0.6 is 22.7 Å². The molecule has 0 spiro atoms. The summed E-state index contributed by atoms with van der Waals surface area (Å²) < 4.78 is 11.2. The predicted molar refractivity (Wildman–Crippen MR) is 107 cm³/mol. The maximum Gasteiger partial charge on any atom is 0.267 e. The zero-order valence-corrected chi connectivity index (χ0v) is 16.5. The van der Waals surface area contributed by atoms with E-state index in [1.54, 1.807) is 23.5 Å². The van der Waals surface area contributed by atoms with Crippen LogP contribution in [0.25, 0.3) is 10.6 Å². The molecule has 0 aliphatic carbocycles. The van der Waals surface area contributed by atoms with Gasteiger partial charge < -0.3 is 14.8 Å². The van der Waals surface area contributed by atoms with E-state index < -0.39 is 0 Å². The number of rotatable bonds is 7. The molecule has 136 valence electrons. The lowest BCUT2D eigenvalue weighted by Crippen LogP contribution is -2.11. The Morgan fingerprint density at radius 3 is 2.62 bits per heavy atom. The van der Waals surface area contributed by atoms with Gasteiger partial charge in [0.25, 0.3) is 5.91 Å². The van der Waals surface area contributed by atoms with Crippen molar-refractivity contribution in [2.75, 3.05) is 18.5 Å². The average molecular weight is 389 g/mol. The van der Waals surface area contributed by atoms with Gasteiger partial charge in [-0.25, -0.2) is 4.98 Å². The highest BCUT2D eigenvalue weighted by Gasteiger charge is 2.17. The predicted octanol–water partition coefficient (Wildman–Crippen LogP) is 5.23. The molecule has 0 fully saturated rings. The van der Waals surface area contributed by atoms with Gasteiger partial charge in [-0.2, -0.15) is 11.3 Å². The van der Waals surface area contributed by atoms with E-state index in [4.69, 9.17) is 9.47 Å². The third kappa shape index (κ3) is 4.05. The van der Waals surface area contributed by atoms with E-state index in [-0.39, 0.29) is 5.91 Å². The summed E-state index contributed by atoms with van der Waals surface area (Å²) in [7, 11) is 0. The number of thiazole rings is 1. The van der Waals surface area contributed by atoms with Crippen molar-refractivity contribution in [3.8, 4) is 22.1 Å². The standard InChI is InChI=1S/C19H20N2O3S2/c1-4-23-15-7-6-14(10-16(15)24-5-2)21-18(22)17-12(3)20-19(26-17)13-8-9-25-11-13/h6-11H,4-5H2,1-3H3,(H,21,22). The summed E-state index contributed by atoms with van der Waals surface area (Å²) in [5.41, 5.74) is 2.43. The second kappa shape index (κ2) is 8.33. The first kappa shape index (κ1) is 18.4. The molecule has 3 aromatic rings. The summed E-state index contributed by atoms with van der Waals surface area (Å²) >= 11 is 3.01. The zero-order valence-electron chi connectivity index (χ0n) is 14.9. The number of nitrogens with zero attached hydrogens (tertiary/aromatic N) is 1. The maximum atomic E-state index is 12.7. The molecular weight excluding hydrogens is 368 g/mol. The molecule has 26 heavy (non-hydrogen) atoms. The highest BCUT2D eigenvalue weighted by Crippen LogP contribution is 2.32. The third-order valence-corrected chi connectivity index (χ3v) is 5.46. The summed E-state index contributed by atoms with van der Waals surface area (Å²) in [4.78, 5) is 17.8. The number of aryl methyl sites for hydroxylation is 1. The minimum absolute atomic E-state index is 0.173. The fourth-order valence-corrected chi connectivity index (χ4v) is 4.11. The Kier molecular flexibility index (Phi) is 5.90. The van der Waals surface area contributed by atoms with Crippen molar-refractivity contribution in [2.24, 2.45) is 0 Å². The third-order valence-electron chi connectivity index (χ3n) is 3.57. The van der Waals surface area contributed by atoms with Gasteiger partial charge in [0.2, 0.25) is 0 Å². The number of aromatic nitrogens is 1. The molecular formula is C19H20N2O3S2. The molecule has 0 saturated carbocycles. The molecule has 0 aliphatic heterocycles. The van der Waals surface area contributed by atoms with Crippen LogP contribution in [0.2, 0.25) is 0 Å². The fourth-order valence-electron chi connectivity index (χ4n) is 2.43. The van der Waals surface area contributed by atoms with Crippen LogP contribution in [-0.4, -0.2) is 24.1 Å². The Labute approximate surface area is 160 Å². The SMILES string of the molecule is CCOc1ccc(NC(=O)c2sc(-c3ccsc3)nc2C)cc1OCC. The summed E-state index contributed by atoms with van der Waals surface area (Å²) in [6.45, 7) is 6.76. The van der Waals surface area contributed by atoms with E-state index >= 15 is 0 Å². The minimum Gasteiger partial charge on any atom is -0.490 e. The number of carbonyl (C=O) groups is 1. The van der Waals surface area contributed by atoms with Gasteiger partial charge in [-0.1, -0.05) is 0 Å². The van der Waals surface area contributed by atoms with Crippen molar-refractivity contribution in [3.05, 3.63) is 45.6 Å². The second-order valence-corrected chi connectivity index (χ2v) is 7.21. The van der Waals surface area contributed by atoms with Gasteiger partial charge in [-0.05, 0) is 44.4 Å². The van der Waals surface area contributed by atoms with E-state index in [2.05, 4.69) is 10.3 Å². The number of hydrogen-bond donors (Lipinski definition) is 1. The molecule has 0 radical (unpaired) electrons. The zero-order chi connectivity index (χ0) is 18.5. The smallest absolute Gasteiger partial charge is 0.267 e. The van der Waals surface area contributed by atoms with Crippen molar-refractivity contribution in [1.82, 2.24) is 4.98 Å². The Morgan fingerprint density at radius 2 is 1.92 bits per heavy atom. The highest BCUT2D eigenvalue weighted by molar-refractivity contribution is 7.17. The van der Waals surface area contributed by atoms with Crippen LogP contribution in [0.15, 0.2) is 35.0 Å². The molecule has 1 amide bonds. The Hall–Kier alpha value is -2.38. The summed E-state index contributed by atoms with van der Waals surface area (Å²) in [5, 5.41) is 7.81. The van der Waals surface area contributed by atoms with Gasteiger partial charge in [0.15, 0.2) is 11.5 Å². The van der Waals surface area contributed by atoms with Gasteiger partial charge in [0, 0.05) is 22.7 Å². The van der Waals surface area contributed by atoms with Crippen LogP contribution in [0.5, 0.6) is 11.5 Å². The molecule has 2 heterocycles. The van der Waals surface area contributed by atoms with Crippen molar-refractivity contribution < 1.29 is 14.3 Å². The van der Waals surface area contributed by atoms with Gasteiger partial charge >= 0.3 is 0 Å². The van der Waals surface area contributed by atoms with Gasteiger partial charge in [-0.3, -0.25) is 4.79 Å². The largest absolute Gasteiger partial charge is 0.490 e. The van der Waals surface area contributed by atoms with E-state index in [1.807, 2.05) is 43.7 Å².